The lowest BCUT2D eigenvalue weighted by Crippen LogP contribution is -2.41. The van der Waals surface area contributed by atoms with Crippen LogP contribution in [0.25, 0.3) is 0 Å². The van der Waals surface area contributed by atoms with Crippen LogP contribution in [0, 0.1) is 0 Å². The van der Waals surface area contributed by atoms with Gasteiger partial charge in [-0.3, -0.25) is 15.0 Å². The Morgan fingerprint density at radius 1 is 0.676 bits per heavy atom. The molecule has 0 unspecified atom stereocenters. The lowest BCUT2D eigenvalue weighted by atomic mass is 10.1. The maximum atomic E-state index is 11.9. The molecule has 0 aliphatic heterocycles. The monoisotopic (exact) mass is 498 g/mol. The van der Waals surface area contributed by atoms with E-state index in [0.29, 0.717) is 11.1 Å². The van der Waals surface area contributed by atoms with Gasteiger partial charge in [-0.15, -0.1) is 26.3 Å². The maximum absolute atomic E-state index is 11.9. The summed E-state index contributed by atoms with van der Waals surface area (Å²) in [5, 5.41) is 16.6. The van der Waals surface area contributed by atoms with Gasteiger partial charge in [0.1, 0.15) is 11.5 Å². The summed E-state index contributed by atoms with van der Waals surface area (Å²) in [6.07, 6.45) is -11.3. The summed E-state index contributed by atoms with van der Waals surface area (Å²) < 4.78 is 78.1. The highest BCUT2D eigenvalue weighted by atomic mass is 19.4. The highest BCUT2D eigenvalue weighted by Crippen LogP contribution is 2.23. The number of carboxylic acids is 1. The van der Waals surface area contributed by atoms with Crippen LogP contribution in [-0.4, -0.2) is 40.9 Å². The minimum atomic E-state index is -4.77. The maximum Gasteiger partial charge on any atom is 0.573 e. The smallest absolute Gasteiger partial charge is 0.481 e. The Labute approximate surface area is 186 Å². The number of alkyl halides is 6. The van der Waals surface area contributed by atoms with E-state index in [0.717, 1.165) is 24.3 Å². The third kappa shape index (κ3) is 13.3. The second-order valence-corrected chi connectivity index (χ2v) is 6.11. The topological polar surface area (TPSA) is 134 Å². The molecule has 0 saturated carbocycles. The van der Waals surface area contributed by atoms with E-state index < -0.39 is 36.4 Å². The SMILES string of the molecule is O=C(O)Cc1ccc(OC(F)(F)F)cc1.O=C(O)NNC(=O)Cc1ccc(OC(F)(F)F)cc1. The van der Waals surface area contributed by atoms with Crippen LogP contribution in [0.2, 0.25) is 0 Å². The van der Waals surface area contributed by atoms with Crippen molar-refractivity contribution in [2.24, 2.45) is 0 Å². The highest BCUT2D eigenvalue weighted by Gasteiger charge is 2.31. The molecule has 0 aromatic heterocycles. The number of nitrogens with one attached hydrogen (secondary N) is 2. The number of carboxylic acid groups (broad SMARTS) is 2. The summed E-state index contributed by atoms with van der Waals surface area (Å²) in [6.45, 7) is 0. The fourth-order valence-electron chi connectivity index (χ4n) is 2.15. The van der Waals surface area contributed by atoms with Crippen LogP contribution in [0.4, 0.5) is 31.1 Å². The van der Waals surface area contributed by atoms with Crippen molar-refractivity contribution < 1.29 is 60.4 Å². The van der Waals surface area contributed by atoms with Gasteiger partial charge in [0.2, 0.25) is 5.91 Å². The van der Waals surface area contributed by atoms with E-state index in [1.807, 2.05) is 5.43 Å². The first-order chi connectivity index (χ1) is 15.6. The standard InChI is InChI=1S/C10H9F3N2O4.C9H7F3O3/c11-10(12,13)19-7-3-1-6(2-4-7)5-8(16)14-15-9(17)18;10-9(11,12)15-7-3-1-6(2-4-7)5-8(13)14/h1-4,15H,5H2,(H,14,16)(H,17,18);1-4H,5H2,(H,13,14). The summed E-state index contributed by atoms with van der Waals surface area (Å²) >= 11 is 0. The number of aliphatic carboxylic acids is 1. The van der Waals surface area contributed by atoms with E-state index >= 15 is 0 Å². The van der Waals surface area contributed by atoms with Gasteiger partial charge in [-0.25, -0.2) is 10.2 Å². The number of ether oxygens (including phenoxy) is 2. The zero-order valence-corrected chi connectivity index (χ0v) is 16.7. The van der Waals surface area contributed by atoms with Gasteiger partial charge in [-0.05, 0) is 35.4 Å². The molecular weight excluding hydrogens is 482 g/mol. The molecule has 0 bridgehead atoms. The predicted octanol–water partition coefficient (Wildman–Crippen LogP) is 3.64. The van der Waals surface area contributed by atoms with Crippen LogP contribution in [0.1, 0.15) is 11.1 Å². The molecule has 2 amide bonds. The number of hydrazine groups is 1. The minimum Gasteiger partial charge on any atom is -0.481 e. The lowest BCUT2D eigenvalue weighted by molar-refractivity contribution is -0.275. The van der Waals surface area contributed by atoms with Gasteiger partial charge in [0.15, 0.2) is 0 Å². The van der Waals surface area contributed by atoms with E-state index in [-0.39, 0.29) is 18.6 Å². The number of carbonyl (C=O) groups is 3. The number of benzene rings is 2. The number of amides is 2. The van der Waals surface area contributed by atoms with Crippen LogP contribution in [0.5, 0.6) is 11.5 Å². The first kappa shape index (κ1) is 27.9. The quantitative estimate of drug-likeness (QED) is 0.353. The van der Waals surface area contributed by atoms with Crippen molar-refractivity contribution in [3.05, 3.63) is 59.7 Å². The van der Waals surface area contributed by atoms with Crippen molar-refractivity contribution in [3.8, 4) is 11.5 Å². The number of hydrogen-bond acceptors (Lipinski definition) is 5. The van der Waals surface area contributed by atoms with Gasteiger partial charge < -0.3 is 19.7 Å². The zero-order valence-electron chi connectivity index (χ0n) is 16.7. The molecule has 0 spiro atoms. The fraction of sp³-hybridized carbons (Fsp3) is 0.211. The Balaban J connectivity index is 0.000000350. The first-order valence-electron chi connectivity index (χ1n) is 8.82. The molecule has 0 heterocycles. The first-order valence-corrected chi connectivity index (χ1v) is 8.82. The van der Waals surface area contributed by atoms with Crippen molar-refractivity contribution in [3.63, 3.8) is 0 Å². The van der Waals surface area contributed by atoms with Crippen molar-refractivity contribution in [2.75, 3.05) is 0 Å². The molecule has 15 heteroatoms. The number of hydrogen-bond donors (Lipinski definition) is 4. The second-order valence-electron chi connectivity index (χ2n) is 6.11. The van der Waals surface area contributed by atoms with Gasteiger partial charge in [-0.1, -0.05) is 24.3 Å². The Morgan fingerprint density at radius 2 is 1.06 bits per heavy atom. The van der Waals surface area contributed by atoms with E-state index in [9.17, 15) is 40.7 Å². The Morgan fingerprint density at radius 3 is 1.38 bits per heavy atom. The third-order valence-corrected chi connectivity index (χ3v) is 3.34. The summed E-state index contributed by atoms with van der Waals surface area (Å²) in [5.41, 5.74) is 4.35. The molecule has 2 aromatic carbocycles. The van der Waals surface area contributed by atoms with Crippen LogP contribution in [-0.2, 0) is 22.4 Å². The van der Waals surface area contributed by atoms with Crippen LogP contribution >= 0.6 is 0 Å². The van der Waals surface area contributed by atoms with E-state index in [2.05, 4.69) is 9.47 Å². The van der Waals surface area contributed by atoms with Crippen LogP contribution < -0.4 is 20.3 Å². The molecule has 2 rings (SSSR count). The summed E-state index contributed by atoms with van der Waals surface area (Å²) in [5.74, 6) is -2.46. The normalized spacial score (nSPS) is 10.9. The van der Waals surface area contributed by atoms with Crippen molar-refractivity contribution in [1.82, 2.24) is 10.9 Å². The molecule has 0 aliphatic rings. The summed E-state index contributed by atoms with van der Waals surface area (Å²) in [6, 6.07) is 9.34. The molecule has 0 radical (unpaired) electrons. The third-order valence-electron chi connectivity index (χ3n) is 3.34. The Kier molecular flexibility index (Phi) is 9.98. The molecule has 2 aromatic rings. The number of carbonyl (C=O) groups excluding carboxylic acids is 1. The van der Waals surface area contributed by atoms with Gasteiger partial charge in [-0.2, -0.15) is 0 Å². The average molecular weight is 498 g/mol. The Bertz CT molecular complexity index is 961. The molecule has 9 nitrogen and oxygen atoms in total. The van der Waals surface area contributed by atoms with Crippen LogP contribution in [0.3, 0.4) is 0 Å². The van der Waals surface area contributed by atoms with E-state index in [1.54, 1.807) is 5.43 Å². The van der Waals surface area contributed by atoms with Gasteiger partial charge in [0, 0.05) is 0 Å². The molecule has 0 saturated heterocycles. The molecule has 0 aliphatic carbocycles. The second kappa shape index (κ2) is 12.2. The molecule has 34 heavy (non-hydrogen) atoms. The van der Waals surface area contributed by atoms with Crippen molar-refractivity contribution in [1.29, 1.82) is 0 Å². The molecule has 186 valence electrons. The van der Waals surface area contributed by atoms with Gasteiger partial charge >= 0.3 is 24.8 Å². The molecule has 4 N–H and O–H groups in total. The molecule has 0 fully saturated rings. The lowest BCUT2D eigenvalue weighted by Gasteiger charge is -2.09. The van der Waals surface area contributed by atoms with E-state index in [4.69, 9.17) is 10.2 Å². The molecular formula is C19H16F6N2O7. The van der Waals surface area contributed by atoms with Gasteiger partial charge in [0.25, 0.3) is 0 Å². The Hall–Kier alpha value is -4.17. The number of rotatable bonds is 6. The largest absolute Gasteiger partial charge is 0.573 e. The number of halogens is 6. The van der Waals surface area contributed by atoms with Crippen molar-refractivity contribution in [2.45, 2.75) is 25.6 Å². The summed E-state index contributed by atoms with van der Waals surface area (Å²) in [7, 11) is 0. The average Bonchev–Trinajstić information content (AvgIpc) is 2.67. The molecule has 0 atom stereocenters. The predicted molar refractivity (Wildman–Crippen MR) is 101 cm³/mol. The van der Waals surface area contributed by atoms with Crippen molar-refractivity contribution >= 4 is 18.0 Å². The highest BCUT2D eigenvalue weighted by molar-refractivity contribution is 5.80. The van der Waals surface area contributed by atoms with E-state index in [1.165, 1.54) is 24.3 Å². The minimum absolute atomic E-state index is 0.188. The zero-order chi connectivity index (χ0) is 25.9. The fourth-order valence-corrected chi connectivity index (χ4v) is 2.15. The summed E-state index contributed by atoms with van der Waals surface area (Å²) in [4.78, 5) is 31.5. The van der Waals surface area contributed by atoms with Gasteiger partial charge in [0.05, 0.1) is 12.8 Å². The van der Waals surface area contributed by atoms with Crippen LogP contribution in [0.15, 0.2) is 48.5 Å².